The van der Waals surface area contributed by atoms with Gasteiger partial charge < -0.3 is 14.7 Å². The smallest absolute Gasteiger partial charge is 0.334 e. The van der Waals surface area contributed by atoms with Crippen molar-refractivity contribution in [3.8, 4) is 0 Å². The first-order valence-corrected chi connectivity index (χ1v) is 6.19. The summed E-state index contributed by atoms with van der Waals surface area (Å²) in [5, 5.41) is 9.17. The van der Waals surface area contributed by atoms with E-state index in [1.54, 1.807) is 0 Å². The predicted molar refractivity (Wildman–Crippen MR) is 67.5 cm³/mol. The van der Waals surface area contributed by atoms with E-state index >= 15 is 0 Å². The summed E-state index contributed by atoms with van der Waals surface area (Å²) in [6.07, 6.45) is 0.301. The monoisotopic (exact) mass is 304 g/mol. The van der Waals surface area contributed by atoms with Gasteiger partial charge >= 0.3 is 5.97 Å². The maximum atomic E-state index is 12.2. The molecule has 1 N–H and O–H groups in total. The van der Waals surface area contributed by atoms with Gasteiger partial charge in [-0.3, -0.25) is 4.79 Å². The molecule has 102 valence electrons. The highest BCUT2D eigenvalue weighted by atomic mass is 35.5. The number of halogens is 2. The van der Waals surface area contributed by atoms with Crippen molar-refractivity contribution in [2.75, 3.05) is 19.7 Å². The average Bonchev–Trinajstić information content (AvgIpc) is 2.41. The first kappa shape index (κ1) is 14.0. The third kappa shape index (κ3) is 3.15. The maximum absolute atomic E-state index is 12.2. The first-order valence-electron chi connectivity index (χ1n) is 5.44. The number of nitrogens with zero attached hydrogens (tertiary/aromatic N) is 2. The standard InChI is InChI=1S/C11H10Cl2N2O4/c12-7-3-6(4-14-9(7)13)10(16)15-1-2-19-8(5-15)11(17)18/h3-4,8H,1-2,5H2,(H,17,18). The summed E-state index contributed by atoms with van der Waals surface area (Å²) in [6, 6.07) is 1.41. The molecule has 2 rings (SSSR count). The van der Waals surface area contributed by atoms with Gasteiger partial charge in [-0.15, -0.1) is 0 Å². The highest BCUT2D eigenvalue weighted by molar-refractivity contribution is 6.41. The van der Waals surface area contributed by atoms with Crippen LogP contribution in [-0.2, 0) is 9.53 Å². The molecule has 1 saturated heterocycles. The van der Waals surface area contributed by atoms with Crippen LogP contribution in [0.25, 0.3) is 0 Å². The summed E-state index contributed by atoms with van der Waals surface area (Å²) in [4.78, 5) is 28.2. The van der Waals surface area contributed by atoms with E-state index in [9.17, 15) is 9.59 Å². The van der Waals surface area contributed by atoms with Crippen molar-refractivity contribution in [3.05, 3.63) is 28.0 Å². The Kier molecular flexibility index (Phi) is 4.24. The van der Waals surface area contributed by atoms with E-state index in [2.05, 4.69) is 4.98 Å². The Balaban J connectivity index is 2.14. The van der Waals surface area contributed by atoms with Gasteiger partial charge in [-0.2, -0.15) is 0 Å². The van der Waals surface area contributed by atoms with Crippen LogP contribution in [0.15, 0.2) is 12.3 Å². The van der Waals surface area contributed by atoms with Gasteiger partial charge in [-0.05, 0) is 6.07 Å². The van der Waals surface area contributed by atoms with E-state index in [1.165, 1.54) is 17.2 Å². The average molecular weight is 305 g/mol. The van der Waals surface area contributed by atoms with Gasteiger partial charge in [0.15, 0.2) is 6.10 Å². The Hall–Kier alpha value is -1.37. The topological polar surface area (TPSA) is 79.7 Å². The van der Waals surface area contributed by atoms with Gasteiger partial charge in [0.25, 0.3) is 5.91 Å². The zero-order valence-electron chi connectivity index (χ0n) is 9.68. The molecule has 2 heterocycles. The lowest BCUT2D eigenvalue weighted by Gasteiger charge is -2.30. The fourth-order valence-corrected chi connectivity index (χ4v) is 1.97. The molecule has 6 nitrogen and oxygen atoms in total. The summed E-state index contributed by atoms with van der Waals surface area (Å²) in [7, 11) is 0. The molecule has 0 spiro atoms. The molecule has 1 aromatic rings. The molecule has 1 atom stereocenters. The van der Waals surface area contributed by atoms with Gasteiger partial charge in [-0.25, -0.2) is 9.78 Å². The molecule has 0 aliphatic carbocycles. The Morgan fingerprint density at radius 1 is 1.47 bits per heavy atom. The quantitative estimate of drug-likeness (QED) is 0.833. The van der Waals surface area contributed by atoms with E-state index in [-0.39, 0.29) is 34.8 Å². The molecule has 19 heavy (non-hydrogen) atoms. The van der Waals surface area contributed by atoms with Crippen LogP contribution in [0.5, 0.6) is 0 Å². The Morgan fingerprint density at radius 2 is 2.21 bits per heavy atom. The molecule has 1 aromatic heterocycles. The minimum Gasteiger partial charge on any atom is -0.479 e. The van der Waals surface area contributed by atoms with Crippen LogP contribution in [0.2, 0.25) is 10.2 Å². The summed E-state index contributed by atoms with van der Waals surface area (Å²) in [5.41, 5.74) is 0.264. The first-order chi connectivity index (χ1) is 8.99. The van der Waals surface area contributed by atoms with E-state index in [0.29, 0.717) is 6.54 Å². The predicted octanol–water partition coefficient (Wildman–Crippen LogP) is 1.31. The van der Waals surface area contributed by atoms with Crippen LogP contribution in [0.1, 0.15) is 10.4 Å². The zero-order valence-corrected chi connectivity index (χ0v) is 11.2. The van der Waals surface area contributed by atoms with Crippen LogP contribution in [0.4, 0.5) is 0 Å². The van der Waals surface area contributed by atoms with Crippen LogP contribution in [-0.4, -0.2) is 52.7 Å². The Labute approximate surface area is 118 Å². The number of carboxylic acids is 1. The highest BCUT2D eigenvalue weighted by Gasteiger charge is 2.29. The van der Waals surface area contributed by atoms with E-state index in [0.717, 1.165) is 0 Å². The second-order valence-corrected chi connectivity index (χ2v) is 4.71. The second kappa shape index (κ2) is 5.73. The number of amides is 1. The fraction of sp³-hybridized carbons (Fsp3) is 0.364. The molecule has 0 aromatic carbocycles. The largest absolute Gasteiger partial charge is 0.479 e. The summed E-state index contributed by atoms with van der Waals surface area (Å²) >= 11 is 11.5. The van der Waals surface area contributed by atoms with Gasteiger partial charge in [0.2, 0.25) is 0 Å². The Bertz CT molecular complexity index is 523. The number of rotatable bonds is 2. The van der Waals surface area contributed by atoms with Gasteiger partial charge in [0.05, 0.1) is 23.7 Å². The molecule has 0 radical (unpaired) electrons. The molecule has 0 saturated carbocycles. The SMILES string of the molecule is O=C(O)C1CN(C(=O)c2cnc(Cl)c(Cl)c2)CCO1. The van der Waals surface area contributed by atoms with Crippen molar-refractivity contribution >= 4 is 35.1 Å². The van der Waals surface area contributed by atoms with Crippen molar-refractivity contribution in [1.82, 2.24) is 9.88 Å². The maximum Gasteiger partial charge on any atom is 0.334 e. The summed E-state index contributed by atoms with van der Waals surface area (Å²) in [6.45, 7) is 0.495. The van der Waals surface area contributed by atoms with Crippen molar-refractivity contribution < 1.29 is 19.4 Å². The molecular weight excluding hydrogens is 295 g/mol. The lowest BCUT2D eigenvalue weighted by atomic mass is 10.2. The molecule has 1 unspecified atom stereocenters. The van der Waals surface area contributed by atoms with Crippen molar-refractivity contribution in [3.63, 3.8) is 0 Å². The number of hydrogen-bond donors (Lipinski definition) is 1. The van der Waals surface area contributed by atoms with Crippen LogP contribution in [0.3, 0.4) is 0 Å². The molecule has 1 aliphatic heterocycles. The molecular formula is C11H10Cl2N2O4. The lowest BCUT2D eigenvalue weighted by Crippen LogP contribution is -2.48. The number of aromatic nitrogens is 1. The highest BCUT2D eigenvalue weighted by Crippen LogP contribution is 2.21. The number of carbonyl (C=O) groups excluding carboxylic acids is 1. The number of carboxylic acid groups (broad SMARTS) is 1. The third-order valence-electron chi connectivity index (χ3n) is 2.67. The summed E-state index contributed by atoms with van der Waals surface area (Å²) < 4.78 is 5.04. The molecule has 0 bridgehead atoms. The minimum absolute atomic E-state index is 0.00554. The van der Waals surface area contributed by atoms with Gasteiger partial charge in [0.1, 0.15) is 5.15 Å². The number of carbonyl (C=O) groups is 2. The van der Waals surface area contributed by atoms with E-state index < -0.39 is 12.1 Å². The number of aliphatic carboxylic acids is 1. The van der Waals surface area contributed by atoms with Crippen LogP contribution >= 0.6 is 23.2 Å². The summed E-state index contributed by atoms with van der Waals surface area (Å²) in [5.74, 6) is -1.44. The fourth-order valence-electron chi connectivity index (χ4n) is 1.70. The van der Waals surface area contributed by atoms with Crippen LogP contribution < -0.4 is 0 Å². The number of morpholine rings is 1. The van der Waals surface area contributed by atoms with Crippen molar-refractivity contribution in [2.24, 2.45) is 0 Å². The molecule has 1 aliphatic rings. The number of pyridine rings is 1. The number of hydrogen-bond acceptors (Lipinski definition) is 4. The molecule has 1 fully saturated rings. The lowest BCUT2D eigenvalue weighted by molar-refractivity contribution is -0.154. The van der Waals surface area contributed by atoms with E-state index in [4.69, 9.17) is 33.0 Å². The second-order valence-electron chi connectivity index (χ2n) is 3.95. The minimum atomic E-state index is -1.09. The Morgan fingerprint density at radius 3 is 2.84 bits per heavy atom. The van der Waals surface area contributed by atoms with Crippen molar-refractivity contribution in [2.45, 2.75) is 6.10 Å². The molecule has 8 heteroatoms. The van der Waals surface area contributed by atoms with Gasteiger partial charge in [0, 0.05) is 12.7 Å². The van der Waals surface area contributed by atoms with Crippen LogP contribution in [0, 0.1) is 0 Å². The number of ether oxygens (including phenoxy) is 1. The normalized spacial score (nSPS) is 19.3. The van der Waals surface area contributed by atoms with E-state index in [1.807, 2.05) is 0 Å². The third-order valence-corrected chi connectivity index (χ3v) is 3.36. The van der Waals surface area contributed by atoms with Crippen molar-refractivity contribution in [1.29, 1.82) is 0 Å². The zero-order chi connectivity index (χ0) is 14.0. The van der Waals surface area contributed by atoms with Gasteiger partial charge in [-0.1, -0.05) is 23.2 Å². The molecule has 1 amide bonds.